The molecule has 0 heterocycles. The van der Waals surface area contributed by atoms with Crippen LogP contribution in [0.1, 0.15) is 32.6 Å². The van der Waals surface area contributed by atoms with E-state index in [1.54, 1.807) is 6.92 Å². The van der Waals surface area contributed by atoms with E-state index in [1.165, 1.54) is 19.3 Å². The molecule has 0 aliphatic heterocycles. The molecule has 5 nitrogen and oxygen atoms in total. The van der Waals surface area contributed by atoms with Crippen molar-refractivity contribution in [3.05, 3.63) is 0 Å². The quantitative estimate of drug-likeness (QED) is 0.658. The minimum absolute atomic E-state index is 0.290. The largest absolute Gasteiger partial charge is 0.465 e. The summed E-state index contributed by atoms with van der Waals surface area (Å²) in [6.45, 7) is 4.06. The van der Waals surface area contributed by atoms with Gasteiger partial charge in [0.1, 0.15) is 6.04 Å². The maximum atomic E-state index is 11.4. The molecular formula is C14H29N3O2. The Bertz CT molecular complexity index is 290. The van der Waals surface area contributed by atoms with Crippen LogP contribution < -0.4 is 5.73 Å². The number of rotatable bonds is 8. The lowest BCUT2D eigenvalue weighted by atomic mass is 9.75. The first-order valence-electron chi connectivity index (χ1n) is 7.19. The SMILES string of the molecule is CCOC(=O)C(N)CCN(C)CC1(N(C)C)CCC1. The Labute approximate surface area is 117 Å². The van der Waals surface area contributed by atoms with Gasteiger partial charge in [0, 0.05) is 12.1 Å². The zero-order chi connectivity index (χ0) is 14.5. The summed E-state index contributed by atoms with van der Waals surface area (Å²) in [5, 5.41) is 0. The van der Waals surface area contributed by atoms with Gasteiger partial charge in [-0.05, 0) is 60.3 Å². The summed E-state index contributed by atoms with van der Waals surface area (Å²) in [4.78, 5) is 16.1. The molecule has 2 N–H and O–H groups in total. The third-order valence-corrected chi connectivity index (χ3v) is 4.21. The summed E-state index contributed by atoms with van der Waals surface area (Å²) in [7, 11) is 6.40. The van der Waals surface area contributed by atoms with Gasteiger partial charge in [0.2, 0.25) is 0 Å². The van der Waals surface area contributed by atoms with E-state index in [1.807, 2.05) is 0 Å². The Hall–Kier alpha value is -0.650. The number of nitrogens with zero attached hydrogens (tertiary/aromatic N) is 2. The summed E-state index contributed by atoms with van der Waals surface area (Å²) < 4.78 is 4.92. The van der Waals surface area contributed by atoms with Crippen molar-refractivity contribution in [1.82, 2.24) is 9.80 Å². The molecule has 1 unspecified atom stereocenters. The second kappa shape index (κ2) is 7.22. The molecule has 0 aromatic heterocycles. The molecule has 0 aromatic rings. The number of esters is 1. The molecule has 5 heteroatoms. The zero-order valence-corrected chi connectivity index (χ0v) is 12.8. The Morgan fingerprint density at radius 1 is 1.37 bits per heavy atom. The molecule has 112 valence electrons. The highest BCUT2D eigenvalue weighted by Crippen LogP contribution is 2.36. The van der Waals surface area contributed by atoms with Gasteiger partial charge in [0.05, 0.1) is 6.61 Å². The van der Waals surface area contributed by atoms with Crippen molar-refractivity contribution in [2.45, 2.75) is 44.2 Å². The lowest BCUT2D eigenvalue weighted by Crippen LogP contribution is -2.57. The average Bonchev–Trinajstić information content (AvgIpc) is 2.30. The summed E-state index contributed by atoms with van der Waals surface area (Å²) in [6.07, 6.45) is 4.48. The molecule has 1 saturated carbocycles. The molecule has 1 rings (SSSR count). The molecule has 0 radical (unpaired) electrons. The number of likely N-dealkylation sites (N-methyl/N-ethyl adjacent to an activating group) is 2. The van der Waals surface area contributed by atoms with Gasteiger partial charge < -0.3 is 20.3 Å². The predicted octanol–water partition coefficient (Wildman–Crippen LogP) is 0.683. The number of ether oxygens (including phenoxy) is 1. The highest BCUT2D eigenvalue weighted by atomic mass is 16.5. The van der Waals surface area contributed by atoms with E-state index >= 15 is 0 Å². The minimum Gasteiger partial charge on any atom is -0.465 e. The van der Waals surface area contributed by atoms with Crippen molar-refractivity contribution < 1.29 is 9.53 Å². The standard InChI is InChI=1S/C14H29N3O2/c1-5-19-13(18)12(15)7-10-17(4)11-14(16(2)3)8-6-9-14/h12H,5-11,15H2,1-4H3. The zero-order valence-electron chi connectivity index (χ0n) is 12.8. The number of carbonyl (C=O) groups excluding carboxylic acids is 1. The van der Waals surface area contributed by atoms with Gasteiger partial charge in [-0.1, -0.05) is 0 Å². The van der Waals surface area contributed by atoms with E-state index in [0.717, 1.165) is 13.1 Å². The topological polar surface area (TPSA) is 58.8 Å². The first kappa shape index (κ1) is 16.4. The van der Waals surface area contributed by atoms with E-state index in [4.69, 9.17) is 10.5 Å². The smallest absolute Gasteiger partial charge is 0.322 e. The summed E-state index contributed by atoms with van der Waals surface area (Å²) >= 11 is 0. The molecule has 1 aliphatic carbocycles. The van der Waals surface area contributed by atoms with Crippen LogP contribution >= 0.6 is 0 Å². The Balaban J connectivity index is 2.31. The highest BCUT2D eigenvalue weighted by Gasteiger charge is 2.39. The molecule has 1 atom stereocenters. The molecule has 0 saturated heterocycles. The van der Waals surface area contributed by atoms with E-state index in [9.17, 15) is 4.79 Å². The predicted molar refractivity (Wildman–Crippen MR) is 77.0 cm³/mol. The van der Waals surface area contributed by atoms with E-state index in [2.05, 4.69) is 30.9 Å². The van der Waals surface area contributed by atoms with Crippen LogP contribution in [0, 0.1) is 0 Å². The van der Waals surface area contributed by atoms with Gasteiger partial charge >= 0.3 is 5.97 Å². The van der Waals surface area contributed by atoms with Gasteiger partial charge in [-0.2, -0.15) is 0 Å². The molecule has 1 aliphatic rings. The van der Waals surface area contributed by atoms with Crippen molar-refractivity contribution in [2.75, 3.05) is 40.8 Å². The normalized spacial score (nSPS) is 19.3. The van der Waals surface area contributed by atoms with Crippen molar-refractivity contribution in [1.29, 1.82) is 0 Å². The van der Waals surface area contributed by atoms with Crippen LogP contribution in [-0.2, 0) is 9.53 Å². The van der Waals surface area contributed by atoms with Gasteiger partial charge in [0.15, 0.2) is 0 Å². The van der Waals surface area contributed by atoms with Crippen LogP contribution in [0.4, 0.5) is 0 Å². The lowest BCUT2D eigenvalue weighted by molar-refractivity contribution is -0.144. The van der Waals surface area contributed by atoms with Crippen LogP contribution in [0.25, 0.3) is 0 Å². The van der Waals surface area contributed by atoms with E-state index in [-0.39, 0.29) is 5.97 Å². The molecule has 0 amide bonds. The number of hydrogen-bond donors (Lipinski definition) is 1. The van der Waals surface area contributed by atoms with Crippen molar-refractivity contribution in [3.63, 3.8) is 0 Å². The molecule has 0 bridgehead atoms. The lowest BCUT2D eigenvalue weighted by Gasteiger charge is -2.49. The summed E-state index contributed by atoms with van der Waals surface area (Å²) in [5.41, 5.74) is 6.13. The third-order valence-electron chi connectivity index (χ3n) is 4.21. The first-order chi connectivity index (χ1) is 8.91. The van der Waals surface area contributed by atoms with Crippen LogP contribution in [-0.4, -0.2) is 68.2 Å². The molecule has 0 aromatic carbocycles. The monoisotopic (exact) mass is 271 g/mol. The maximum Gasteiger partial charge on any atom is 0.322 e. The fraction of sp³-hybridized carbons (Fsp3) is 0.929. The van der Waals surface area contributed by atoms with E-state index in [0.29, 0.717) is 18.6 Å². The van der Waals surface area contributed by atoms with Crippen molar-refractivity contribution in [2.24, 2.45) is 5.73 Å². The Kier molecular flexibility index (Phi) is 6.23. The van der Waals surface area contributed by atoms with Crippen LogP contribution in [0.3, 0.4) is 0 Å². The average molecular weight is 271 g/mol. The van der Waals surface area contributed by atoms with E-state index < -0.39 is 6.04 Å². The number of nitrogens with two attached hydrogens (primary N) is 1. The Morgan fingerprint density at radius 3 is 2.42 bits per heavy atom. The second-order valence-corrected chi connectivity index (χ2v) is 5.86. The Morgan fingerprint density at radius 2 is 2.00 bits per heavy atom. The molecular weight excluding hydrogens is 242 g/mol. The van der Waals surface area contributed by atoms with Crippen LogP contribution in [0.15, 0.2) is 0 Å². The highest BCUT2D eigenvalue weighted by molar-refractivity contribution is 5.75. The number of hydrogen-bond acceptors (Lipinski definition) is 5. The third kappa shape index (κ3) is 4.44. The summed E-state index contributed by atoms with van der Waals surface area (Å²) in [5.74, 6) is -0.290. The second-order valence-electron chi connectivity index (χ2n) is 5.86. The van der Waals surface area contributed by atoms with Gasteiger partial charge in [-0.25, -0.2) is 0 Å². The fourth-order valence-electron chi connectivity index (χ4n) is 2.64. The number of carbonyl (C=O) groups is 1. The molecule has 19 heavy (non-hydrogen) atoms. The van der Waals surface area contributed by atoms with Gasteiger partial charge in [-0.15, -0.1) is 0 Å². The molecule has 0 spiro atoms. The van der Waals surface area contributed by atoms with Crippen molar-refractivity contribution >= 4 is 5.97 Å². The molecule has 1 fully saturated rings. The van der Waals surface area contributed by atoms with Crippen LogP contribution in [0.5, 0.6) is 0 Å². The van der Waals surface area contributed by atoms with Crippen molar-refractivity contribution in [3.8, 4) is 0 Å². The van der Waals surface area contributed by atoms with Crippen LogP contribution in [0.2, 0.25) is 0 Å². The van der Waals surface area contributed by atoms with Gasteiger partial charge in [0.25, 0.3) is 0 Å². The maximum absolute atomic E-state index is 11.4. The van der Waals surface area contributed by atoms with Gasteiger partial charge in [-0.3, -0.25) is 4.79 Å². The summed E-state index contributed by atoms with van der Waals surface area (Å²) in [6, 6.07) is -0.501. The first-order valence-corrected chi connectivity index (χ1v) is 7.19. The fourth-order valence-corrected chi connectivity index (χ4v) is 2.64. The minimum atomic E-state index is -0.501.